The van der Waals surface area contributed by atoms with Gasteiger partial charge in [0.1, 0.15) is 0 Å². The topological polar surface area (TPSA) is 21.3 Å². The summed E-state index contributed by atoms with van der Waals surface area (Å²) in [4.78, 5) is 0. The van der Waals surface area contributed by atoms with Crippen molar-refractivity contribution >= 4 is 11.8 Å². The zero-order valence-corrected chi connectivity index (χ0v) is 12.4. The van der Waals surface area contributed by atoms with Crippen LogP contribution in [-0.4, -0.2) is 36.8 Å². The van der Waals surface area contributed by atoms with E-state index in [1.54, 1.807) is 0 Å². The normalized spacial score (nSPS) is 31.9. The second-order valence-corrected chi connectivity index (χ2v) is 7.19. The third kappa shape index (κ3) is 3.15. The summed E-state index contributed by atoms with van der Waals surface area (Å²) in [5.74, 6) is 0.740. The fourth-order valence-electron chi connectivity index (χ4n) is 3.18. The number of hydrogen-bond acceptors (Lipinski definition) is 3. The van der Waals surface area contributed by atoms with Gasteiger partial charge in [0.05, 0.1) is 18.5 Å². The van der Waals surface area contributed by atoms with Crippen LogP contribution in [0.15, 0.2) is 30.3 Å². The van der Waals surface area contributed by atoms with Gasteiger partial charge in [0.2, 0.25) is 0 Å². The largest absolute Gasteiger partial charge is 0.379 e. The van der Waals surface area contributed by atoms with Crippen molar-refractivity contribution in [2.24, 2.45) is 0 Å². The lowest BCUT2D eigenvalue weighted by Gasteiger charge is -2.39. The molecule has 1 aromatic rings. The molecule has 2 fully saturated rings. The van der Waals surface area contributed by atoms with Crippen molar-refractivity contribution in [3.8, 4) is 0 Å². The zero-order valence-electron chi connectivity index (χ0n) is 11.5. The molecule has 0 bridgehead atoms. The molecule has 3 atom stereocenters. The molecule has 2 nitrogen and oxygen atoms in total. The monoisotopic (exact) mass is 277 g/mol. The van der Waals surface area contributed by atoms with Gasteiger partial charge in [-0.05, 0) is 37.8 Å². The molecule has 0 amide bonds. The van der Waals surface area contributed by atoms with Gasteiger partial charge in [0.15, 0.2) is 0 Å². The van der Waals surface area contributed by atoms with Crippen LogP contribution in [0.3, 0.4) is 0 Å². The Balaban J connectivity index is 1.65. The second-order valence-electron chi connectivity index (χ2n) is 5.65. The van der Waals surface area contributed by atoms with Crippen LogP contribution in [0, 0.1) is 0 Å². The SMILES string of the molecule is CNC1CCC(c2ccccc2)CC1SC1COC1. The van der Waals surface area contributed by atoms with Gasteiger partial charge < -0.3 is 10.1 Å². The molecule has 2 aliphatic rings. The molecular formula is C16H23NOS. The Hall–Kier alpha value is -0.510. The first-order chi connectivity index (χ1) is 9.36. The average Bonchev–Trinajstić information content (AvgIpc) is 2.43. The summed E-state index contributed by atoms with van der Waals surface area (Å²) in [6, 6.07) is 11.7. The summed E-state index contributed by atoms with van der Waals surface area (Å²) in [5, 5.41) is 4.98. The summed E-state index contributed by atoms with van der Waals surface area (Å²) in [6.07, 6.45) is 3.91. The third-order valence-corrected chi connectivity index (χ3v) is 5.94. The first-order valence-corrected chi connectivity index (χ1v) is 8.26. The molecule has 3 heteroatoms. The van der Waals surface area contributed by atoms with Crippen LogP contribution in [-0.2, 0) is 4.74 Å². The Morgan fingerprint density at radius 3 is 2.58 bits per heavy atom. The van der Waals surface area contributed by atoms with Gasteiger partial charge in [0, 0.05) is 11.3 Å². The van der Waals surface area contributed by atoms with Gasteiger partial charge >= 0.3 is 0 Å². The molecule has 1 saturated heterocycles. The fraction of sp³-hybridized carbons (Fsp3) is 0.625. The lowest BCUT2D eigenvalue weighted by molar-refractivity contribution is 0.0450. The highest BCUT2D eigenvalue weighted by Crippen LogP contribution is 2.40. The van der Waals surface area contributed by atoms with Crippen molar-refractivity contribution in [2.45, 2.75) is 41.7 Å². The van der Waals surface area contributed by atoms with Crippen molar-refractivity contribution in [3.63, 3.8) is 0 Å². The fourth-order valence-corrected chi connectivity index (χ4v) is 4.83. The molecule has 3 rings (SSSR count). The van der Waals surface area contributed by atoms with Crippen molar-refractivity contribution in [1.82, 2.24) is 5.32 Å². The smallest absolute Gasteiger partial charge is 0.0608 e. The first kappa shape index (κ1) is 13.5. The van der Waals surface area contributed by atoms with Gasteiger partial charge in [-0.25, -0.2) is 0 Å². The van der Waals surface area contributed by atoms with Crippen LogP contribution in [0.25, 0.3) is 0 Å². The quantitative estimate of drug-likeness (QED) is 0.914. The lowest BCUT2D eigenvalue weighted by Crippen LogP contribution is -2.43. The van der Waals surface area contributed by atoms with Crippen LogP contribution in [0.4, 0.5) is 0 Å². The molecule has 3 unspecified atom stereocenters. The van der Waals surface area contributed by atoms with Gasteiger partial charge in [0.25, 0.3) is 0 Å². The van der Waals surface area contributed by atoms with Crippen molar-refractivity contribution in [3.05, 3.63) is 35.9 Å². The summed E-state index contributed by atoms with van der Waals surface area (Å²) in [6.45, 7) is 1.90. The highest BCUT2D eigenvalue weighted by Gasteiger charge is 2.34. The Morgan fingerprint density at radius 1 is 1.16 bits per heavy atom. The lowest BCUT2D eigenvalue weighted by atomic mass is 9.81. The highest BCUT2D eigenvalue weighted by molar-refractivity contribution is 8.00. The standard InChI is InChI=1S/C16H23NOS/c1-17-15-8-7-13(12-5-3-2-4-6-12)9-16(15)19-14-10-18-11-14/h2-6,13-17H,7-11H2,1H3. The molecule has 1 aliphatic heterocycles. The number of hydrogen-bond donors (Lipinski definition) is 1. The first-order valence-electron chi connectivity index (χ1n) is 7.32. The van der Waals surface area contributed by atoms with E-state index in [0.29, 0.717) is 6.04 Å². The molecule has 1 heterocycles. The van der Waals surface area contributed by atoms with Crippen LogP contribution in [0.2, 0.25) is 0 Å². The molecule has 1 aromatic carbocycles. The summed E-state index contributed by atoms with van der Waals surface area (Å²) < 4.78 is 5.32. The molecule has 0 radical (unpaired) electrons. The molecule has 19 heavy (non-hydrogen) atoms. The summed E-state index contributed by atoms with van der Waals surface area (Å²) >= 11 is 2.15. The summed E-state index contributed by atoms with van der Waals surface area (Å²) in [7, 11) is 2.11. The maximum atomic E-state index is 5.32. The maximum Gasteiger partial charge on any atom is 0.0608 e. The Kier molecular flexibility index (Phi) is 4.46. The molecule has 0 aromatic heterocycles. The minimum Gasteiger partial charge on any atom is -0.379 e. The molecular weight excluding hydrogens is 254 g/mol. The van der Waals surface area contributed by atoms with E-state index in [4.69, 9.17) is 4.74 Å². The number of ether oxygens (including phenoxy) is 1. The molecule has 1 aliphatic carbocycles. The average molecular weight is 277 g/mol. The number of benzene rings is 1. The third-order valence-electron chi connectivity index (χ3n) is 4.41. The van der Waals surface area contributed by atoms with Crippen molar-refractivity contribution in [2.75, 3.05) is 20.3 Å². The van der Waals surface area contributed by atoms with Crippen LogP contribution in [0.1, 0.15) is 30.7 Å². The zero-order chi connectivity index (χ0) is 13.1. The minimum absolute atomic E-state index is 0.672. The Morgan fingerprint density at radius 2 is 1.95 bits per heavy atom. The van der Waals surface area contributed by atoms with Gasteiger partial charge in [-0.3, -0.25) is 0 Å². The van der Waals surface area contributed by atoms with Crippen LogP contribution >= 0.6 is 11.8 Å². The van der Waals surface area contributed by atoms with Gasteiger partial charge in [-0.2, -0.15) is 0 Å². The Labute approximate surface area is 120 Å². The van der Waals surface area contributed by atoms with E-state index in [9.17, 15) is 0 Å². The van der Waals surface area contributed by atoms with E-state index in [-0.39, 0.29) is 0 Å². The number of rotatable bonds is 4. The van der Waals surface area contributed by atoms with E-state index in [1.165, 1.54) is 24.8 Å². The number of nitrogens with one attached hydrogen (secondary N) is 1. The van der Waals surface area contributed by atoms with E-state index >= 15 is 0 Å². The second kappa shape index (κ2) is 6.29. The van der Waals surface area contributed by atoms with E-state index in [0.717, 1.165) is 29.6 Å². The van der Waals surface area contributed by atoms with E-state index in [2.05, 4.69) is 54.5 Å². The van der Waals surface area contributed by atoms with Gasteiger partial charge in [-0.15, -0.1) is 11.8 Å². The van der Waals surface area contributed by atoms with Gasteiger partial charge in [-0.1, -0.05) is 30.3 Å². The predicted octanol–water partition coefficient (Wildman–Crippen LogP) is 3.04. The number of thioether (sulfide) groups is 1. The maximum absolute atomic E-state index is 5.32. The molecule has 1 saturated carbocycles. The van der Waals surface area contributed by atoms with Crippen molar-refractivity contribution < 1.29 is 4.74 Å². The molecule has 1 N–H and O–H groups in total. The predicted molar refractivity (Wildman–Crippen MR) is 81.9 cm³/mol. The van der Waals surface area contributed by atoms with Crippen LogP contribution in [0.5, 0.6) is 0 Å². The van der Waals surface area contributed by atoms with Crippen LogP contribution < -0.4 is 5.32 Å². The molecule has 104 valence electrons. The molecule has 0 spiro atoms. The van der Waals surface area contributed by atoms with Crippen molar-refractivity contribution in [1.29, 1.82) is 0 Å². The summed E-state index contributed by atoms with van der Waals surface area (Å²) in [5.41, 5.74) is 1.52. The highest BCUT2D eigenvalue weighted by atomic mass is 32.2. The van der Waals surface area contributed by atoms with E-state index in [1.807, 2.05) is 0 Å². The minimum atomic E-state index is 0.672. The van der Waals surface area contributed by atoms with E-state index < -0.39 is 0 Å². The Bertz CT molecular complexity index is 393.